The minimum Gasteiger partial charge on any atom is -0.497 e. The molecule has 1 aliphatic heterocycles. The number of carbonyl (C=O) groups excluding carboxylic acids is 1. The van der Waals surface area contributed by atoms with Crippen LogP contribution in [-0.2, 0) is 11.3 Å². The number of hydrogen-bond donors (Lipinski definition) is 1. The van der Waals surface area contributed by atoms with Gasteiger partial charge in [-0.05, 0) is 49.6 Å². The summed E-state index contributed by atoms with van der Waals surface area (Å²) < 4.78 is 5.21. The Bertz CT molecular complexity index is 827. The van der Waals surface area contributed by atoms with Gasteiger partial charge >= 0.3 is 0 Å². The predicted molar refractivity (Wildman–Crippen MR) is 106 cm³/mol. The molecule has 0 saturated heterocycles. The Balaban J connectivity index is 1.59. The number of hydrogen-bond acceptors (Lipinski definition) is 3. The lowest BCUT2D eigenvalue weighted by Gasteiger charge is -2.26. The molecule has 136 valence electrons. The van der Waals surface area contributed by atoms with Gasteiger partial charge in [-0.2, -0.15) is 0 Å². The van der Waals surface area contributed by atoms with Gasteiger partial charge in [-0.3, -0.25) is 9.69 Å². The third-order valence-corrected chi connectivity index (χ3v) is 4.76. The van der Waals surface area contributed by atoms with Crippen LogP contribution in [0.15, 0.2) is 54.1 Å². The van der Waals surface area contributed by atoms with Gasteiger partial charge < -0.3 is 10.1 Å². The van der Waals surface area contributed by atoms with Crippen LogP contribution in [0.4, 0.5) is 5.69 Å². The Morgan fingerprint density at radius 2 is 2.04 bits per heavy atom. The smallest absolute Gasteiger partial charge is 0.251 e. The summed E-state index contributed by atoms with van der Waals surface area (Å²) in [5.41, 5.74) is 5.29. The molecule has 1 amide bonds. The molecule has 2 aromatic carbocycles. The van der Waals surface area contributed by atoms with Crippen molar-refractivity contribution in [3.8, 4) is 5.75 Å². The largest absolute Gasteiger partial charge is 0.497 e. The second-order valence-electron chi connectivity index (χ2n) is 6.84. The zero-order valence-corrected chi connectivity index (χ0v) is 15.7. The number of nitrogens with zero attached hydrogens (tertiary/aromatic N) is 1. The van der Waals surface area contributed by atoms with Crippen molar-refractivity contribution >= 4 is 11.6 Å². The Morgan fingerprint density at radius 3 is 2.69 bits per heavy atom. The molecule has 26 heavy (non-hydrogen) atoms. The maximum atomic E-state index is 12.6. The van der Waals surface area contributed by atoms with Gasteiger partial charge in [-0.25, -0.2) is 0 Å². The Morgan fingerprint density at radius 1 is 1.19 bits per heavy atom. The van der Waals surface area contributed by atoms with Gasteiger partial charge in [0, 0.05) is 30.9 Å². The first-order valence-corrected chi connectivity index (χ1v) is 8.98. The maximum Gasteiger partial charge on any atom is 0.251 e. The molecule has 0 aliphatic carbocycles. The average Bonchev–Trinajstić information content (AvgIpc) is 2.64. The van der Waals surface area contributed by atoms with Crippen LogP contribution in [0.25, 0.3) is 0 Å². The summed E-state index contributed by atoms with van der Waals surface area (Å²) in [6.45, 7) is 6.71. The standard InChI is InChI=1S/C22H26N2O2/c1-16-5-4-6-18(13-16)15-24-11-9-19(10-12-24)22(25)23-21-8-7-20(26-3)14-17(21)2/h4-9,13-14H,10-12,15H2,1-3H3,(H,23,25). The zero-order valence-electron chi connectivity index (χ0n) is 15.7. The van der Waals surface area contributed by atoms with Crippen molar-refractivity contribution in [3.63, 3.8) is 0 Å². The maximum absolute atomic E-state index is 12.6. The van der Waals surface area contributed by atoms with Gasteiger partial charge in [-0.15, -0.1) is 0 Å². The van der Waals surface area contributed by atoms with Crippen LogP contribution in [-0.4, -0.2) is 31.0 Å². The lowest BCUT2D eigenvalue weighted by atomic mass is 10.1. The number of benzene rings is 2. The quantitative estimate of drug-likeness (QED) is 0.883. The van der Waals surface area contributed by atoms with Crippen molar-refractivity contribution in [3.05, 3.63) is 70.8 Å². The second kappa shape index (κ2) is 8.19. The molecular formula is C22H26N2O2. The van der Waals surface area contributed by atoms with E-state index in [-0.39, 0.29) is 5.91 Å². The zero-order chi connectivity index (χ0) is 18.5. The van der Waals surface area contributed by atoms with E-state index in [0.717, 1.165) is 48.6 Å². The summed E-state index contributed by atoms with van der Waals surface area (Å²) in [4.78, 5) is 14.9. The molecular weight excluding hydrogens is 324 g/mol. The Kier molecular flexibility index (Phi) is 5.74. The lowest BCUT2D eigenvalue weighted by molar-refractivity contribution is -0.113. The van der Waals surface area contributed by atoms with Crippen molar-refractivity contribution in [2.75, 3.05) is 25.5 Å². The highest BCUT2D eigenvalue weighted by molar-refractivity contribution is 6.04. The molecule has 1 aliphatic rings. The molecule has 3 rings (SSSR count). The molecule has 0 atom stereocenters. The predicted octanol–water partition coefficient (Wildman–Crippen LogP) is 4.08. The van der Waals surface area contributed by atoms with E-state index in [0.29, 0.717) is 0 Å². The number of amides is 1. The molecule has 0 bridgehead atoms. The lowest BCUT2D eigenvalue weighted by Crippen LogP contribution is -2.31. The monoisotopic (exact) mass is 350 g/mol. The summed E-state index contributed by atoms with van der Waals surface area (Å²) in [5, 5.41) is 3.02. The van der Waals surface area contributed by atoms with E-state index in [1.54, 1.807) is 7.11 Å². The minimum absolute atomic E-state index is 0.00604. The molecule has 0 unspecified atom stereocenters. The normalized spacial score (nSPS) is 14.7. The number of aryl methyl sites for hydroxylation is 2. The number of nitrogens with one attached hydrogen (secondary N) is 1. The fraction of sp³-hybridized carbons (Fsp3) is 0.318. The van der Waals surface area contributed by atoms with Crippen LogP contribution >= 0.6 is 0 Å². The van der Waals surface area contributed by atoms with E-state index in [9.17, 15) is 4.79 Å². The third-order valence-electron chi connectivity index (χ3n) is 4.76. The van der Waals surface area contributed by atoms with E-state index < -0.39 is 0 Å². The van der Waals surface area contributed by atoms with E-state index in [4.69, 9.17) is 4.74 Å². The third kappa shape index (κ3) is 4.52. The first-order chi connectivity index (χ1) is 12.5. The van der Waals surface area contributed by atoms with E-state index >= 15 is 0 Å². The Labute approximate surface area is 155 Å². The highest BCUT2D eigenvalue weighted by Crippen LogP contribution is 2.22. The molecule has 1 N–H and O–H groups in total. The van der Waals surface area contributed by atoms with Crippen molar-refractivity contribution in [2.45, 2.75) is 26.8 Å². The fourth-order valence-electron chi connectivity index (χ4n) is 3.24. The van der Waals surface area contributed by atoms with Crippen molar-refractivity contribution in [2.24, 2.45) is 0 Å². The summed E-state index contributed by atoms with van der Waals surface area (Å²) in [6.07, 6.45) is 2.82. The van der Waals surface area contributed by atoms with E-state index in [1.165, 1.54) is 11.1 Å². The van der Waals surface area contributed by atoms with Crippen LogP contribution in [0.1, 0.15) is 23.1 Å². The second-order valence-corrected chi connectivity index (χ2v) is 6.84. The molecule has 1 heterocycles. The minimum atomic E-state index is -0.00604. The van der Waals surface area contributed by atoms with E-state index in [1.807, 2.05) is 31.2 Å². The molecule has 0 aromatic heterocycles. The average molecular weight is 350 g/mol. The van der Waals surface area contributed by atoms with Gasteiger partial charge in [0.2, 0.25) is 0 Å². The summed E-state index contributed by atoms with van der Waals surface area (Å²) >= 11 is 0. The van der Waals surface area contributed by atoms with Gasteiger partial charge in [0.1, 0.15) is 5.75 Å². The van der Waals surface area contributed by atoms with Crippen LogP contribution in [0.3, 0.4) is 0 Å². The highest BCUT2D eigenvalue weighted by Gasteiger charge is 2.17. The topological polar surface area (TPSA) is 41.6 Å². The number of ether oxygens (including phenoxy) is 1. The highest BCUT2D eigenvalue weighted by atomic mass is 16.5. The SMILES string of the molecule is COc1ccc(NC(=O)C2=CCN(Cc3cccc(C)c3)CC2)c(C)c1. The number of rotatable bonds is 5. The molecule has 4 heteroatoms. The van der Waals surface area contributed by atoms with Gasteiger partial charge in [0.15, 0.2) is 0 Å². The molecule has 2 aromatic rings. The Hall–Kier alpha value is -2.59. The first kappa shape index (κ1) is 18.2. The van der Waals surface area contributed by atoms with E-state index in [2.05, 4.69) is 41.4 Å². The summed E-state index contributed by atoms with van der Waals surface area (Å²) in [6, 6.07) is 14.3. The van der Waals surface area contributed by atoms with Gasteiger partial charge in [0.25, 0.3) is 5.91 Å². The van der Waals surface area contributed by atoms with Crippen LogP contribution in [0, 0.1) is 13.8 Å². The summed E-state index contributed by atoms with van der Waals surface area (Å²) in [5.74, 6) is 0.789. The molecule has 0 spiro atoms. The van der Waals surface area contributed by atoms with Crippen LogP contribution in [0.2, 0.25) is 0 Å². The van der Waals surface area contributed by atoms with Gasteiger partial charge in [0.05, 0.1) is 7.11 Å². The van der Waals surface area contributed by atoms with Crippen LogP contribution in [0.5, 0.6) is 5.75 Å². The molecule has 0 saturated carbocycles. The van der Waals surface area contributed by atoms with Crippen LogP contribution < -0.4 is 10.1 Å². The summed E-state index contributed by atoms with van der Waals surface area (Å²) in [7, 11) is 1.64. The first-order valence-electron chi connectivity index (χ1n) is 8.98. The van der Waals surface area contributed by atoms with Crippen molar-refractivity contribution in [1.29, 1.82) is 0 Å². The van der Waals surface area contributed by atoms with Crippen molar-refractivity contribution in [1.82, 2.24) is 4.90 Å². The molecule has 4 nitrogen and oxygen atoms in total. The number of anilines is 1. The number of methoxy groups -OCH3 is 1. The fourth-order valence-corrected chi connectivity index (χ4v) is 3.24. The number of carbonyl (C=O) groups is 1. The van der Waals surface area contributed by atoms with Gasteiger partial charge in [-0.1, -0.05) is 35.9 Å². The van der Waals surface area contributed by atoms with Crippen molar-refractivity contribution < 1.29 is 9.53 Å². The molecule has 0 fully saturated rings. The molecule has 0 radical (unpaired) electrons.